The standard InChI is InChI=1S/C9H17BrO2/c1-4-9(2,5-6-10)7-8(11)12-3/h4-7H2,1-3H3. The second-order valence-corrected chi connectivity index (χ2v) is 4.15. The summed E-state index contributed by atoms with van der Waals surface area (Å²) in [6, 6.07) is 0. The van der Waals surface area contributed by atoms with Crippen molar-refractivity contribution in [2.45, 2.75) is 33.1 Å². The maximum Gasteiger partial charge on any atom is 0.306 e. The molecular formula is C9H17BrO2. The molecule has 1 unspecified atom stereocenters. The topological polar surface area (TPSA) is 26.3 Å². The monoisotopic (exact) mass is 236 g/mol. The number of rotatable bonds is 5. The van der Waals surface area contributed by atoms with E-state index in [1.165, 1.54) is 7.11 Å². The lowest BCUT2D eigenvalue weighted by atomic mass is 9.81. The van der Waals surface area contributed by atoms with Crippen LogP contribution in [-0.4, -0.2) is 18.4 Å². The number of alkyl halides is 1. The SMILES string of the molecule is CCC(C)(CCBr)CC(=O)OC. The van der Waals surface area contributed by atoms with E-state index >= 15 is 0 Å². The predicted molar refractivity (Wildman–Crippen MR) is 53.4 cm³/mol. The summed E-state index contributed by atoms with van der Waals surface area (Å²) in [7, 11) is 1.44. The van der Waals surface area contributed by atoms with Crippen molar-refractivity contribution in [1.29, 1.82) is 0 Å². The molecule has 0 bridgehead atoms. The number of hydrogen-bond donors (Lipinski definition) is 0. The molecule has 0 aromatic carbocycles. The van der Waals surface area contributed by atoms with Gasteiger partial charge >= 0.3 is 5.97 Å². The molecule has 0 fully saturated rings. The van der Waals surface area contributed by atoms with Crippen LogP contribution in [0.2, 0.25) is 0 Å². The van der Waals surface area contributed by atoms with Gasteiger partial charge in [0.25, 0.3) is 0 Å². The van der Waals surface area contributed by atoms with Crippen LogP contribution in [0, 0.1) is 5.41 Å². The fourth-order valence-electron chi connectivity index (χ4n) is 1.04. The predicted octanol–water partition coefficient (Wildman–Crippen LogP) is 2.75. The molecular weight excluding hydrogens is 220 g/mol. The molecule has 0 aliphatic heterocycles. The molecule has 2 nitrogen and oxygen atoms in total. The van der Waals surface area contributed by atoms with Crippen molar-refractivity contribution in [3.8, 4) is 0 Å². The van der Waals surface area contributed by atoms with E-state index in [-0.39, 0.29) is 11.4 Å². The molecule has 0 saturated heterocycles. The number of esters is 1. The van der Waals surface area contributed by atoms with Crippen LogP contribution in [0.3, 0.4) is 0 Å². The molecule has 0 aromatic heterocycles. The van der Waals surface area contributed by atoms with Gasteiger partial charge in [0.05, 0.1) is 13.5 Å². The summed E-state index contributed by atoms with van der Waals surface area (Å²) >= 11 is 3.39. The molecule has 0 heterocycles. The molecule has 72 valence electrons. The fourth-order valence-corrected chi connectivity index (χ4v) is 2.00. The zero-order chi connectivity index (χ0) is 9.61. The highest BCUT2D eigenvalue weighted by Gasteiger charge is 2.25. The minimum Gasteiger partial charge on any atom is -0.469 e. The van der Waals surface area contributed by atoms with E-state index in [2.05, 4.69) is 34.5 Å². The first kappa shape index (κ1) is 11.9. The zero-order valence-corrected chi connectivity index (χ0v) is 9.61. The number of carbonyl (C=O) groups excluding carboxylic acids is 1. The van der Waals surface area contributed by atoms with Crippen LogP contribution >= 0.6 is 15.9 Å². The van der Waals surface area contributed by atoms with Crippen molar-refractivity contribution in [1.82, 2.24) is 0 Å². The quantitative estimate of drug-likeness (QED) is 0.542. The van der Waals surface area contributed by atoms with Gasteiger partial charge in [0, 0.05) is 5.33 Å². The maximum absolute atomic E-state index is 11.0. The van der Waals surface area contributed by atoms with Crippen LogP contribution in [-0.2, 0) is 9.53 Å². The van der Waals surface area contributed by atoms with Crippen LogP contribution in [0.4, 0.5) is 0 Å². The normalized spacial score (nSPS) is 15.3. The van der Waals surface area contributed by atoms with Gasteiger partial charge in [-0.25, -0.2) is 0 Å². The minimum absolute atomic E-state index is 0.0938. The Balaban J connectivity index is 4.03. The van der Waals surface area contributed by atoms with Gasteiger partial charge < -0.3 is 4.74 Å². The van der Waals surface area contributed by atoms with Gasteiger partial charge in [0.1, 0.15) is 0 Å². The molecule has 3 heteroatoms. The summed E-state index contributed by atoms with van der Waals surface area (Å²) in [5.74, 6) is -0.111. The summed E-state index contributed by atoms with van der Waals surface area (Å²) in [5, 5.41) is 0.939. The summed E-state index contributed by atoms with van der Waals surface area (Å²) in [6.07, 6.45) is 2.54. The van der Waals surface area contributed by atoms with E-state index in [0.29, 0.717) is 6.42 Å². The number of carbonyl (C=O) groups is 1. The van der Waals surface area contributed by atoms with Gasteiger partial charge in [-0.05, 0) is 11.8 Å². The van der Waals surface area contributed by atoms with E-state index in [0.717, 1.165) is 18.2 Å². The Morgan fingerprint density at radius 2 is 2.17 bits per heavy atom. The summed E-state index contributed by atoms with van der Waals surface area (Å²) in [5.41, 5.74) is 0.0938. The lowest BCUT2D eigenvalue weighted by Crippen LogP contribution is -2.21. The Labute approximate surface area is 82.8 Å². The highest BCUT2D eigenvalue weighted by atomic mass is 79.9. The first-order valence-corrected chi connectivity index (χ1v) is 5.33. The minimum atomic E-state index is -0.111. The third-order valence-corrected chi connectivity index (χ3v) is 2.75. The first-order chi connectivity index (χ1) is 5.58. The van der Waals surface area contributed by atoms with Gasteiger partial charge in [0.2, 0.25) is 0 Å². The zero-order valence-electron chi connectivity index (χ0n) is 8.02. The molecule has 0 aliphatic rings. The van der Waals surface area contributed by atoms with Gasteiger partial charge in [-0.2, -0.15) is 0 Å². The third-order valence-electron chi connectivity index (χ3n) is 2.35. The molecule has 0 amide bonds. The van der Waals surface area contributed by atoms with Gasteiger partial charge in [-0.15, -0.1) is 0 Å². The fraction of sp³-hybridized carbons (Fsp3) is 0.889. The van der Waals surface area contributed by atoms with Crippen molar-refractivity contribution in [2.75, 3.05) is 12.4 Å². The number of hydrogen-bond acceptors (Lipinski definition) is 2. The van der Waals surface area contributed by atoms with Crippen LogP contribution in [0.5, 0.6) is 0 Å². The van der Waals surface area contributed by atoms with Crippen molar-refractivity contribution in [2.24, 2.45) is 5.41 Å². The van der Waals surface area contributed by atoms with E-state index in [4.69, 9.17) is 0 Å². The molecule has 0 aromatic rings. The first-order valence-electron chi connectivity index (χ1n) is 4.21. The largest absolute Gasteiger partial charge is 0.469 e. The Bertz CT molecular complexity index is 147. The lowest BCUT2D eigenvalue weighted by molar-refractivity contribution is -0.143. The average Bonchev–Trinajstić information content (AvgIpc) is 2.05. The Morgan fingerprint density at radius 3 is 2.50 bits per heavy atom. The molecule has 0 saturated carbocycles. The van der Waals surface area contributed by atoms with Crippen LogP contribution < -0.4 is 0 Å². The van der Waals surface area contributed by atoms with Gasteiger partial charge in [-0.1, -0.05) is 36.2 Å². The van der Waals surface area contributed by atoms with Crippen molar-refractivity contribution < 1.29 is 9.53 Å². The molecule has 0 N–H and O–H groups in total. The van der Waals surface area contributed by atoms with E-state index in [9.17, 15) is 4.79 Å². The van der Waals surface area contributed by atoms with Crippen molar-refractivity contribution in [3.63, 3.8) is 0 Å². The number of ether oxygens (including phenoxy) is 1. The van der Waals surface area contributed by atoms with Gasteiger partial charge in [0.15, 0.2) is 0 Å². The summed E-state index contributed by atoms with van der Waals surface area (Å²) in [6.45, 7) is 4.22. The Morgan fingerprint density at radius 1 is 1.58 bits per heavy atom. The summed E-state index contributed by atoms with van der Waals surface area (Å²) < 4.78 is 4.64. The van der Waals surface area contributed by atoms with E-state index in [1.807, 2.05) is 0 Å². The molecule has 0 rings (SSSR count). The van der Waals surface area contributed by atoms with Gasteiger partial charge in [-0.3, -0.25) is 4.79 Å². The van der Waals surface area contributed by atoms with Crippen LogP contribution in [0.15, 0.2) is 0 Å². The van der Waals surface area contributed by atoms with E-state index in [1.54, 1.807) is 0 Å². The summed E-state index contributed by atoms with van der Waals surface area (Å²) in [4.78, 5) is 11.0. The maximum atomic E-state index is 11.0. The van der Waals surface area contributed by atoms with Crippen LogP contribution in [0.1, 0.15) is 33.1 Å². The highest BCUT2D eigenvalue weighted by molar-refractivity contribution is 9.09. The molecule has 1 atom stereocenters. The second kappa shape index (κ2) is 5.57. The Hall–Kier alpha value is -0.0500. The molecule has 0 aliphatic carbocycles. The highest BCUT2D eigenvalue weighted by Crippen LogP contribution is 2.30. The second-order valence-electron chi connectivity index (χ2n) is 3.36. The van der Waals surface area contributed by atoms with Crippen molar-refractivity contribution in [3.05, 3.63) is 0 Å². The third kappa shape index (κ3) is 4.10. The Kier molecular flexibility index (Phi) is 5.55. The van der Waals surface area contributed by atoms with Crippen molar-refractivity contribution >= 4 is 21.9 Å². The average molecular weight is 237 g/mol. The molecule has 12 heavy (non-hydrogen) atoms. The van der Waals surface area contributed by atoms with Crippen LogP contribution in [0.25, 0.3) is 0 Å². The smallest absolute Gasteiger partial charge is 0.306 e. The lowest BCUT2D eigenvalue weighted by Gasteiger charge is -2.25. The van der Waals surface area contributed by atoms with E-state index < -0.39 is 0 Å². The number of halogens is 1. The number of methoxy groups -OCH3 is 1. The molecule has 0 spiro atoms. The molecule has 0 radical (unpaired) electrons.